The van der Waals surface area contributed by atoms with E-state index in [-0.39, 0.29) is 5.91 Å². The lowest BCUT2D eigenvalue weighted by molar-refractivity contribution is -0.129. The largest absolute Gasteiger partial charge is 0.347 e. The van der Waals surface area contributed by atoms with Gasteiger partial charge < -0.3 is 4.90 Å². The van der Waals surface area contributed by atoms with Gasteiger partial charge in [-0.3, -0.25) is 9.10 Å². The zero-order valence-electron chi connectivity index (χ0n) is 12.6. The molecule has 0 aliphatic carbocycles. The van der Waals surface area contributed by atoms with E-state index in [0.717, 1.165) is 22.5 Å². The molecule has 1 amide bonds. The molecule has 0 saturated heterocycles. The zero-order chi connectivity index (χ0) is 15.5. The van der Waals surface area contributed by atoms with Crippen LogP contribution in [-0.4, -0.2) is 45.6 Å². The fourth-order valence-corrected chi connectivity index (χ4v) is 3.22. The normalized spacial score (nSPS) is 12.8. The summed E-state index contributed by atoms with van der Waals surface area (Å²) in [5.41, 5.74) is 1.63. The second-order valence-corrected chi connectivity index (χ2v) is 6.85. The molecule has 0 unspecified atom stereocenters. The van der Waals surface area contributed by atoms with E-state index in [4.69, 9.17) is 0 Å². The topological polar surface area (TPSA) is 57.7 Å². The molecule has 112 valence electrons. The predicted octanol–water partition coefficient (Wildman–Crippen LogP) is 1.49. The summed E-state index contributed by atoms with van der Waals surface area (Å²) < 4.78 is 25.2. The number of hydrogen-bond acceptors (Lipinski definition) is 3. The third-order valence-electron chi connectivity index (χ3n) is 3.11. The van der Waals surface area contributed by atoms with E-state index in [0.29, 0.717) is 5.69 Å². The van der Waals surface area contributed by atoms with Crippen molar-refractivity contribution in [3.05, 3.63) is 29.8 Å². The van der Waals surface area contributed by atoms with Gasteiger partial charge in [0.1, 0.15) is 6.04 Å². The van der Waals surface area contributed by atoms with Crippen LogP contribution in [-0.2, 0) is 21.2 Å². The third-order valence-corrected chi connectivity index (χ3v) is 4.35. The Morgan fingerprint density at radius 2 is 1.70 bits per heavy atom. The maximum absolute atomic E-state index is 12.0. The molecule has 1 rings (SSSR count). The van der Waals surface area contributed by atoms with Gasteiger partial charge in [0.05, 0.1) is 11.9 Å². The molecule has 0 aromatic heterocycles. The highest BCUT2D eigenvalue weighted by molar-refractivity contribution is 7.92. The van der Waals surface area contributed by atoms with Gasteiger partial charge in [0, 0.05) is 14.1 Å². The fraction of sp³-hybridized carbons (Fsp3) is 0.500. The first-order valence-corrected chi connectivity index (χ1v) is 8.32. The van der Waals surface area contributed by atoms with Gasteiger partial charge in [0.2, 0.25) is 15.9 Å². The number of hydrogen-bond donors (Lipinski definition) is 0. The Hall–Kier alpha value is -1.56. The van der Waals surface area contributed by atoms with Gasteiger partial charge in [-0.15, -0.1) is 0 Å². The molecule has 5 nitrogen and oxygen atoms in total. The van der Waals surface area contributed by atoms with Crippen molar-refractivity contribution in [1.29, 1.82) is 0 Å². The van der Waals surface area contributed by atoms with Crippen molar-refractivity contribution in [1.82, 2.24) is 4.90 Å². The molecular weight excluding hydrogens is 276 g/mol. The number of rotatable bonds is 5. The standard InChI is InChI=1S/C14H22N2O3S/c1-6-12-7-9-13(10-8-12)16(20(5,18)19)11(2)14(17)15(3)4/h7-11H,6H2,1-5H3/t11-/m1/s1. The average Bonchev–Trinajstić information content (AvgIpc) is 2.37. The van der Waals surface area contributed by atoms with Crippen molar-refractivity contribution < 1.29 is 13.2 Å². The summed E-state index contributed by atoms with van der Waals surface area (Å²) in [5, 5.41) is 0. The second-order valence-electron chi connectivity index (χ2n) is 4.99. The molecular formula is C14H22N2O3S. The Morgan fingerprint density at radius 1 is 1.20 bits per heavy atom. The quantitative estimate of drug-likeness (QED) is 0.827. The molecule has 0 N–H and O–H groups in total. The van der Waals surface area contributed by atoms with Gasteiger partial charge in [0.15, 0.2) is 0 Å². The molecule has 1 aromatic carbocycles. The summed E-state index contributed by atoms with van der Waals surface area (Å²) in [6.07, 6.45) is 1.99. The lowest BCUT2D eigenvalue weighted by Crippen LogP contribution is -2.47. The molecule has 0 saturated carbocycles. The summed E-state index contributed by atoms with van der Waals surface area (Å²) in [5.74, 6) is -0.255. The summed E-state index contributed by atoms with van der Waals surface area (Å²) in [6, 6.07) is 6.45. The van der Waals surface area contributed by atoms with Crippen LogP contribution in [0.1, 0.15) is 19.4 Å². The molecule has 6 heteroatoms. The van der Waals surface area contributed by atoms with Crippen LogP contribution >= 0.6 is 0 Å². The Morgan fingerprint density at radius 3 is 2.05 bits per heavy atom. The number of carbonyl (C=O) groups excluding carboxylic acids is 1. The summed E-state index contributed by atoms with van der Waals surface area (Å²) in [4.78, 5) is 13.4. The minimum absolute atomic E-state index is 0.255. The third kappa shape index (κ3) is 3.72. The van der Waals surface area contributed by atoms with E-state index >= 15 is 0 Å². The minimum Gasteiger partial charge on any atom is -0.347 e. The molecule has 20 heavy (non-hydrogen) atoms. The van der Waals surface area contributed by atoms with E-state index in [1.807, 2.05) is 19.1 Å². The Labute approximate surface area is 121 Å². The molecule has 0 spiro atoms. The average molecular weight is 298 g/mol. The SMILES string of the molecule is CCc1ccc(N([C@H](C)C(=O)N(C)C)S(C)(=O)=O)cc1. The fourth-order valence-electron chi connectivity index (χ4n) is 2.05. The molecule has 1 aromatic rings. The zero-order valence-corrected chi connectivity index (χ0v) is 13.4. The monoisotopic (exact) mass is 298 g/mol. The van der Waals surface area contributed by atoms with Crippen LogP contribution in [0.5, 0.6) is 0 Å². The minimum atomic E-state index is -3.53. The number of carbonyl (C=O) groups is 1. The Bertz CT molecular complexity index is 565. The Balaban J connectivity index is 3.22. The van der Waals surface area contributed by atoms with Crippen molar-refractivity contribution in [2.24, 2.45) is 0 Å². The number of sulfonamides is 1. The number of benzene rings is 1. The van der Waals surface area contributed by atoms with E-state index in [2.05, 4.69) is 0 Å². The highest BCUT2D eigenvalue weighted by Gasteiger charge is 2.29. The molecule has 0 bridgehead atoms. The summed E-state index contributed by atoms with van der Waals surface area (Å²) >= 11 is 0. The van der Waals surface area contributed by atoms with Crippen LogP contribution in [0.3, 0.4) is 0 Å². The van der Waals surface area contributed by atoms with Crippen molar-refractivity contribution in [2.45, 2.75) is 26.3 Å². The first-order chi connectivity index (χ1) is 9.18. The van der Waals surface area contributed by atoms with Crippen molar-refractivity contribution >= 4 is 21.6 Å². The van der Waals surface area contributed by atoms with E-state index < -0.39 is 16.1 Å². The van der Waals surface area contributed by atoms with Crippen molar-refractivity contribution in [2.75, 3.05) is 24.7 Å². The molecule has 0 fully saturated rings. The molecule has 0 heterocycles. The lowest BCUT2D eigenvalue weighted by Gasteiger charge is -2.30. The smallest absolute Gasteiger partial charge is 0.245 e. The van der Waals surface area contributed by atoms with Gasteiger partial charge in [-0.25, -0.2) is 8.42 Å². The van der Waals surface area contributed by atoms with Gasteiger partial charge in [-0.05, 0) is 31.0 Å². The predicted molar refractivity (Wildman–Crippen MR) is 81.3 cm³/mol. The Kier molecular flexibility index (Phi) is 5.16. The highest BCUT2D eigenvalue weighted by atomic mass is 32.2. The van der Waals surface area contributed by atoms with E-state index in [1.165, 1.54) is 4.90 Å². The van der Waals surface area contributed by atoms with Gasteiger partial charge in [0.25, 0.3) is 0 Å². The molecule has 1 atom stereocenters. The molecule has 0 aliphatic rings. The number of aryl methyl sites for hydroxylation is 1. The maximum atomic E-state index is 12.0. The van der Waals surface area contributed by atoms with Crippen LogP contribution < -0.4 is 4.31 Å². The number of likely N-dealkylation sites (N-methyl/N-ethyl adjacent to an activating group) is 1. The van der Waals surface area contributed by atoms with Crippen LogP contribution in [0, 0.1) is 0 Å². The first-order valence-electron chi connectivity index (χ1n) is 6.48. The van der Waals surface area contributed by atoms with Gasteiger partial charge in [-0.2, -0.15) is 0 Å². The molecule has 0 aliphatic heterocycles. The van der Waals surface area contributed by atoms with E-state index in [9.17, 15) is 13.2 Å². The maximum Gasteiger partial charge on any atom is 0.245 e. The second kappa shape index (κ2) is 6.26. The van der Waals surface area contributed by atoms with Gasteiger partial charge in [-0.1, -0.05) is 19.1 Å². The van der Waals surface area contributed by atoms with Crippen molar-refractivity contribution in [3.8, 4) is 0 Å². The number of anilines is 1. The highest BCUT2D eigenvalue weighted by Crippen LogP contribution is 2.22. The number of nitrogens with zero attached hydrogens (tertiary/aromatic N) is 2. The van der Waals surface area contributed by atoms with Crippen LogP contribution in [0.2, 0.25) is 0 Å². The van der Waals surface area contributed by atoms with Crippen molar-refractivity contribution in [3.63, 3.8) is 0 Å². The number of amides is 1. The summed E-state index contributed by atoms with van der Waals surface area (Å²) in [7, 11) is -0.308. The van der Waals surface area contributed by atoms with E-state index in [1.54, 1.807) is 33.2 Å². The first kappa shape index (κ1) is 16.5. The van der Waals surface area contributed by atoms with Crippen LogP contribution in [0.4, 0.5) is 5.69 Å². The van der Waals surface area contributed by atoms with Crippen LogP contribution in [0.25, 0.3) is 0 Å². The van der Waals surface area contributed by atoms with Gasteiger partial charge >= 0.3 is 0 Å². The summed E-state index contributed by atoms with van der Waals surface area (Å²) in [6.45, 7) is 3.62. The van der Waals surface area contributed by atoms with Crippen LogP contribution in [0.15, 0.2) is 24.3 Å². The molecule has 0 radical (unpaired) electrons. The lowest BCUT2D eigenvalue weighted by atomic mass is 10.1.